The SMILES string of the molecule is CCS(=O)(=O)CCn1[nH]c(-c2ccccc2)c(C)c1=O. The third-order valence-electron chi connectivity index (χ3n) is 3.32. The number of hydrogen-bond donors (Lipinski definition) is 1. The van der Waals surface area contributed by atoms with E-state index in [-0.39, 0.29) is 23.6 Å². The van der Waals surface area contributed by atoms with E-state index in [4.69, 9.17) is 0 Å². The average molecular weight is 294 g/mol. The molecule has 5 nitrogen and oxygen atoms in total. The summed E-state index contributed by atoms with van der Waals surface area (Å²) in [6, 6.07) is 9.51. The van der Waals surface area contributed by atoms with E-state index in [9.17, 15) is 13.2 Å². The summed E-state index contributed by atoms with van der Waals surface area (Å²) in [7, 11) is -3.08. The zero-order chi connectivity index (χ0) is 14.8. The van der Waals surface area contributed by atoms with Gasteiger partial charge >= 0.3 is 0 Å². The zero-order valence-electron chi connectivity index (χ0n) is 11.6. The quantitative estimate of drug-likeness (QED) is 0.910. The Morgan fingerprint density at radius 2 is 1.85 bits per heavy atom. The third kappa shape index (κ3) is 3.01. The Bertz CT molecular complexity index is 742. The summed E-state index contributed by atoms with van der Waals surface area (Å²) in [5.41, 5.74) is 2.09. The largest absolute Gasteiger partial charge is 0.295 e. The second-order valence-corrected chi connectivity index (χ2v) is 7.14. The second kappa shape index (κ2) is 5.66. The summed E-state index contributed by atoms with van der Waals surface area (Å²) in [5.74, 6) is 0.0601. The number of aromatic amines is 1. The van der Waals surface area contributed by atoms with Crippen LogP contribution >= 0.6 is 0 Å². The first kappa shape index (κ1) is 14.6. The number of aryl methyl sites for hydroxylation is 1. The van der Waals surface area contributed by atoms with Crippen molar-refractivity contribution < 1.29 is 8.42 Å². The van der Waals surface area contributed by atoms with Gasteiger partial charge in [0, 0.05) is 11.3 Å². The first-order chi connectivity index (χ1) is 9.44. The van der Waals surface area contributed by atoms with E-state index in [1.807, 2.05) is 30.3 Å². The predicted octanol–water partition coefficient (Wildman–Crippen LogP) is 1.59. The molecule has 0 saturated carbocycles. The summed E-state index contributed by atoms with van der Waals surface area (Å²) in [4.78, 5) is 12.1. The highest BCUT2D eigenvalue weighted by molar-refractivity contribution is 7.91. The highest BCUT2D eigenvalue weighted by atomic mass is 32.2. The molecule has 20 heavy (non-hydrogen) atoms. The van der Waals surface area contributed by atoms with Gasteiger partial charge in [0.25, 0.3) is 5.56 Å². The molecule has 2 rings (SSSR count). The second-order valence-electron chi connectivity index (χ2n) is 4.67. The highest BCUT2D eigenvalue weighted by Crippen LogP contribution is 2.18. The van der Waals surface area contributed by atoms with E-state index in [1.54, 1.807) is 13.8 Å². The van der Waals surface area contributed by atoms with E-state index in [1.165, 1.54) is 4.68 Å². The van der Waals surface area contributed by atoms with Crippen molar-refractivity contribution in [2.24, 2.45) is 0 Å². The molecule has 0 amide bonds. The first-order valence-corrected chi connectivity index (χ1v) is 8.32. The van der Waals surface area contributed by atoms with Crippen LogP contribution in [0.15, 0.2) is 35.1 Å². The van der Waals surface area contributed by atoms with Crippen LogP contribution in [0.5, 0.6) is 0 Å². The van der Waals surface area contributed by atoms with Crippen LogP contribution in [-0.2, 0) is 16.4 Å². The minimum absolute atomic E-state index is 0.0302. The lowest BCUT2D eigenvalue weighted by molar-refractivity contribution is 0.578. The Balaban J connectivity index is 2.32. The molecule has 1 aromatic heterocycles. The monoisotopic (exact) mass is 294 g/mol. The molecule has 1 aromatic carbocycles. The van der Waals surface area contributed by atoms with Crippen LogP contribution in [0.25, 0.3) is 11.3 Å². The van der Waals surface area contributed by atoms with Gasteiger partial charge in [0.1, 0.15) is 0 Å². The lowest BCUT2D eigenvalue weighted by Crippen LogP contribution is -2.23. The minimum atomic E-state index is -3.08. The molecule has 108 valence electrons. The highest BCUT2D eigenvalue weighted by Gasteiger charge is 2.14. The van der Waals surface area contributed by atoms with Gasteiger partial charge in [-0.05, 0) is 12.5 Å². The van der Waals surface area contributed by atoms with Gasteiger partial charge < -0.3 is 0 Å². The van der Waals surface area contributed by atoms with E-state index in [0.29, 0.717) is 5.56 Å². The van der Waals surface area contributed by atoms with Crippen LogP contribution in [0.3, 0.4) is 0 Å². The van der Waals surface area contributed by atoms with Gasteiger partial charge in [-0.25, -0.2) is 8.42 Å². The number of rotatable bonds is 5. The molecule has 0 atom stereocenters. The number of nitrogens with zero attached hydrogens (tertiary/aromatic N) is 1. The molecule has 0 aliphatic heterocycles. The molecule has 1 N–H and O–H groups in total. The molecule has 0 aliphatic rings. The van der Waals surface area contributed by atoms with Crippen molar-refractivity contribution >= 4 is 9.84 Å². The Labute approximate surface area is 118 Å². The average Bonchev–Trinajstić information content (AvgIpc) is 2.74. The Hall–Kier alpha value is -1.82. The minimum Gasteiger partial charge on any atom is -0.295 e. The summed E-state index contributed by atoms with van der Waals surface area (Å²) in [5, 5.41) is 3.00. The fourth-order valence-electron chi connectivity index (χ4n) is 2.00. The van der Waals surface area contributed by atoms with Crippen molar-refractivity contribution in [3.8, 4) is 11.3 Å². The van der Waals surface area contributed by atoms with Crippen molar-refractivity contribution in [3.05, 3.63) is 46.2 Å². The fourth-order valence-corrected chi connectivity index (χ4v) is 2.75. The maximum atomic E-state index is 12.1. The van der Waals surface area contributed by atoms with Crippen LogP contribution in [0.4, 0.5) is 0 Å². The molecule has 1 heterocycles. The van der Waals surface area contributed by atoms with Gasteiger partial charge in [-0.3, -0.25) is 14.6 Å². The third-order valence-corrected chi connectivity index (χ3v) is 5.00. The van der Waals surface area contributed by atoms with Crippen LogP contribution in [-0.4, -0.2) is 29.7 Å². The number of benzene rings is 1. The number of nitrogens with one attached hydrogen (secondary N) is 1. The van der Waals surface area contributed by atoms with E-state index >= 15 is 0 Å². The standard InChI is InChI=1S/C14H18N2O3S/c1-3-20(18,19)10-9-16-14(17)11(2)13(15-16)12-7-5-4-6-8-12/h4-8,15H,3,9-10H2,1-2H3. The van der Waals surface area contributed by atoms with Crippen LogP contribution < -0.4 is 5.56 Å². The summed E-state index contributed by atoms with van der Waals surface area (Å²) in [6.45, 7) is 3.50. The Morgan fingerprint density at radius 1 is 1.20 bits per heavy atom. The van der Waals surface area contributed by atoms with Crippen molar-refractivity contribution in [1.82, 2.24) is 9.78 Å². The molecule has 0 saturated heterocycles. The van der Waals surface area contributed by atoms with E-state index < -0.39 is 9.84 Å². The molecule has 0 radical (unpaired) electrons. The van der Waals surface area contributed by atoms with Crippen LogP contribution in [0, 0.1) is 6.92 Å². The van der Waals surface area contributed by atoms with Gasteiger partial charge in [0.15, 0.2) is 9.84 Å². The van der Waals surface area contributed by atoms with Gasteiger partial charge in [-0.1, -0.05) is 37.3 Å². The van der Waals surface area contributed by atoms with Gasteiger partial charge in [-0.2, -0.15) is 0 Å². The lowest BCUT2D eigenvalue weighted by atomic mass is 10.1. The smallest absolute Gasteiger partial charge is 0.270 e. The zero-order valence-corrected chi connectivity index (χ0v) is 12.4. The summed E-state index contributed by atoms with van der Waals surface area (Å²) < 4.78 is 24.4. The molecule has 0 fully saturated rings. The van der Waals surface area contributed by atoms with Crippen molar-refractivity contribution in [1.29, 1.82) is 0 Å². The van der Waals surface area contributed by atoms with Gasteiger partial charge in [0.05, 0.1) is 18.0 Å². The molecule has 0 aliphatic carbocycles. The Morgan fingerprint density at radius 3 is 2.45 bits per heavy atom. The number of hydrogen-bond acceptors (Lipinski definition) is 3. The summed E-state index contributed by atoms with van der Waals surface area (Å²) >= 11 is 0. The number of H-pyrrole nitrogens is 1. The molecule has 6 heteroatoms. The van der Waals surface area contributed by atoms with E-state index in [2.05, 4.69) is 5.10 Å². The number of aromatic nitrogens is 2. The summed E-state index contributed by atoms with van der Waals surface area (Å²) in [6.07, 6.45) is 0. The van der Waals surface area contributed by atoms with Crippen LogP contribution in [0.2, 0.25) is 0 Å². The molecule has 2 aromatic rings. The van der Waals surface area contributed by atoms with Crippen LogP contribution in [0.1, 0.15) is 12.5 Å². The molecular formula is C14H18N2O3S. The molecular weight excluding hydrogens is 276 g/mol. The lowest BCUT2D eigenvalue weighted by Gasteiger charge is -2.02. The van der Waals surface area contributed by atoms with Gasteiger partial charge in [-0.15, -0.1) is 0 Å². The fraction of sp³-hybridized carbons (Fsp3) is 0.357. The van der Waals surface area contributed by atoms with Gasteiger partial charge in [0.2, 0.25) is 0 Å². The first-order valence-electron chi connectivity index (χ1n) is 6.50. The maximum Gasteiger partial charge on any atom is 0.270 e. The predicted molar refractivity (Wildman–Crippen MR) is 79.6 cm³/mol. The maximum absolute atomic E-state index is 12.1. The normalized spacial score (nSPS) is 11.7. The molecule has 0 bridgehead atoms. The number of sulfone groups is 1. The topological polar surface area (TPSA) is 71.9 Å². The van der Waals surface area contributed by atoms with E-state index in [0.717, 1.165) is 11.3 Å². The Kier molecular flexibility index (Phi) is 4.13. The molecule has 0 spiro atoms. The van der Waals surface area contributed by atoms with Crippen molar-refractivity contribution in [2.75, 3.05) is 11.5 Å². The molecule has 0 unspecified atom stereocenters. The van der Waals surface area contributed by atoms with Crippen molar-refractivity contribution in [2.45, 2.75) is 20.4 Å². The van der Waals surface area contributed by atoms with Crippen molar-refractivity contribution in [3.63, 3.8) is 0 Å².